The van der Waals surface area contributed by atoms with Crippen LogP contribution in [0.3, 0.4) is 0 Å². The van der Waals surface area contributed by atoms with Gasteiger partial charge in [0.1, 0.15) is 17.6 Å². The second kappa shape index (κ2) is 9.67. The molecule has 1 aromatic carbocycles. The average Bonchev–Trinajstić information content (AvgIpc) is 3.16. The van der Waals surface area contributed by atoms with Gasteiger partial charge >= 0.3 is 5.97 Å². The van der Waals surface area contributed by atoms with Crippen LogP contribution < -0.4 is 14.8 Å². The molecule has 0 spiro atoms. The number of carbonyl (C=O) groups excluding carboxylic acids is 1. The number of anilines is 1. The minimum absolute atomic E-state index is 0.0347. The Morgan fingerprint density at radius 1 is 1.19 bits per heavy atom. The number of hydrogen-bond acceptors (Lipinski definition) is 8. The van der Waals surface area contributed by atoms with Gasteiger partial charge in [0.05, 0.1) is 19.0 Å². The predicted octanol–water partition coefficient (Wildman–Crippen LogP) is 2.10. The molecule has 3 aromatic rings. The van der Waals surface area contributed by atoms with Crippen molar-refractivity contribution >= 4 is 17.7 Å². The molecule has 0 aliphatic carbocycles. The SMILES string of the molecule is CCC(CO)Oc1cc(Oc2cnc(C(=O)O)cn2)cc(C(=O)Nc2ccn(C)n2)c1. The van der Waals surface area contributed by atoms with E-state index in [0.717, 1.165) is 12.4 Å². The van der Waals surface area contributed by atoms with E-state index in [2.05, 4.69) is 20.4 Å². The number of carbonyl (C=O) groups is 2. The van der Waals surface area contributed by atoms with E-state index in [1.165, 1.54) is 18.2 Å². The summed E-state index contributed by atoms with van der Waals surface area (Å²) in [6.45, 7) is 1.66. The van der Waals surface area contributed by atoms with Crippen LogP contribution in [0.5, 0.6) is 17.4 Å². The van der Waals surface area contributed by atoms with Crippen LogP contribution in [0, 0.1) is 0 Å². The first-order valence-corrected chi connectivity index (χ1v) is 9.34. The number of aryl methyl sites for hydroxylation is 1. The number of nitrogens with zero attached hydrogens (tertiary/aromatic N) is 4. The summed E-state index contributed by atoms with van der Waals surface area (Å²) in [4.78, 5) is 31.3. The number of aromatic carboxylic acids is 1. The van der Waals surface area contributed by atoms with Crippen molar-refractivity contribution in [3.05, 3.63) is 54.1 Å². The Balaban J connectivity index is 1.88. The van der Waals surface area contributed by atoms with Crippen molar-refractivity contribution < 1.29 is 29.3 Å². The lowest BCUT2D eigenvalue weighted by atomic mass is 10.1. The lowest BCUT2D eigenvalue weighted by Gasteiger charge is -2.17. The number of hydrogen-bond donors (Lipinski definition) is 3. The molecule has 0 aliphatic heterocycles. The zero-order valence-electron chi connectivity index (χ0n) is 16.8. The molecular formula is C20H21N5O6. The monoisotopic (exact) mass is 427 g/mol. The van der Waals surface area contributed by atoms with Gasteiger partial charge < -0.3 is 25.0 Å². The van der Waals surface area contributed by atoms with Crippen LogP contribution >= 0.6 is 0 Å². The smallest absolute Gasteiger partial charge is 0.356 e. The number of rotatable bonds is 9. The molecule has 11 heteroatoms. The molecule has 1 atom stereocenters. The van der Waals surface area contributed by atoms with E-state index in [9.17, 15) is 14.7 Å². The Labute approximate surface area is 177 Å². The van der Waals surface area contributed by atoms with E-state index in [4.69, 9.17) is 14.6 Å². The Kier molecular flexibility index (Phi) is 6.78. The fourth-order valence-corrected chi connectivity index (χ4v) is 2.54. The van der Waals surface area contributed by atoms with Crippen LogP contribution in [0.4, 0.5) is 5.82 Å². The molecule has 0 bridgehead atoms. The number of ether oxygens (including phenoxy) is 2. The lowest BCUT2D eigenvalue weighted by molar-refractivity contribution is 0.0689. The number of amides is 1. The van der Waals surface area contributed by atoms with Crippen molar-refractivity contribution in [2.75, 3.05) is 11.9 Å². The van der Waals surface area contributed by atoms with Gasteiger partial charge in [0, 0.05) is 30.9 Å². The molecule has 11 nitrogen and oxygen atoms in total. The molecule has 1 amide bonds. The van der Waals surface area contributed by atoms with Gasteiger partial charge in [0.2, 0.25) is 5.88 Å². The van der Waals surface area contributed by atoms with E-state index in [-0.39, 0.29) is 29.5 Å². The molecule has 0 saturated carbocycles. The van der Waals surface area contributed by atoms with E-state index in [0.29, 0.717) is 18.0 Å². The van der Waals surface area contributed by atoms with Gasteiger partial charge in [-0.05, 0) is 18.6 Å². The fourth-order valence-electron chi connectivity index (χ4n) is 2.54. The number of aliphatic hydroxyl groups excluding tert-OH is 1. The summed E-state index contributed by atoms with van der Waals surface area (Å²) in [6.07, 6.45) is 4.00. The minimum Gasteiger partial charge on any atom is -0.488 e. The number of aliphatic hydroxyl groups is 1. The topological polar surface area (TPSA) is 149 Å². The Morgan fingerprint density at radius 3 is 2.55 bits per heavy atom. The number of carboxylic acid groups (broad SMARTS) is 1. The molecule has 2 aromatic heterocycles. The van der Waals surface area contributed by atoms with Gasteiger partial charge in [-0.25, -0.2) is 14.8 Å². The van der Waals surface area contributed by atoms with Crippen molar-refractivity contribution in [1.29, 1.82) is 0 Å². The molecule has 162 valence electrons. The zero-order chi connectivity index (χ0) is 22.4. The predicted molar refractivity (Wildman–Crippen MR) is 108 cm³/mol. The maximum atomic E-state index is 12.7. The van der Waals surface area contributed by atoms with E-state index < -0.39 is 18.0 Å². The molecule has 0 saturated heterocycles. The van der Waals surface area contributed by atoms with Gasteiger partial charge in [-0.1, -0.05) is 6.92 Å². The van der Waals surface area contributed by atoms with Gasteiger partial charge in [-0.15, -0.1) is 0 Å². The van der Waals surface area contributed by atoms with Crippen molar-refractivity contribution in [2.45, 2.75) is 19.4 Å². The lowest BCUT2D eigenvalue weighted by Crippen LogP contribution is -2.20. The molecular weight excluding hydrogens is 406 g/mol. The van der Waals surface area contributed by atoms with Crippen molar-refractivity contribution in [3.8, 4) is 17.4 Å². The van der Waals surface area contributed by atoms with Crippen LogP contribution in [0.2, 0.25) is 0 Å². The van der Waals surface area contributed by atoms with Crippen LogP contribution in [0.15, 0.2) is 42.9 Å². The first kappa shape index (κ1) is 21.7. The highest BCUT2D eigenvalue weighted by Crippen LogP contribution is 2.28. The second-order valence-corrected chi connectivity index (χ2v) is 6.50. The molecule has 0 fully saturated rings. The highest BCUT2D eigenvalue weighted by atomic mass is 16.5. The molecule has 31 heavy (non-hydrogen) atoms. The van der Waals surface area contributed by atoms with Crippen molar-refractivity contribution in [2.24, 2.45) is 7.05 Å². The van der Waals surface area contributed by atoms with Gasteiger partial charge in [0.25, 0.3) is 5.91 Å². The standard InChI is InChI=1S/C20H21N5O6/c1-3-13(11-26)30-14-6-12(19(27)23-17-4-5-25(2)24-17)7-15(8-14)31-18-10-21-16(9-22-18)20(28)29/h4-10,13,26H,3,11H2,1-2H3,(H,28,29)(H,23,24,27). The molecule has 2 heterocycles. The van der Waals surface area contributed by atoms with E-state index in [1.807, 2.05) is 6.92 Å². The maximum absolute atomic E-state index is 12.7. The van der Waals surface area contributed by atoms with E-state index in [1.54, 1.807) is 24.0 Å². The minimum atomic E-state index is -1.21. The summed E-state index contributed by atoms with van der Waals surface area (Å²) >= 11 is 0. The highest BCUT2D eigenvalue weighted by molar-refractivity contribution is 6.04. The second-order valence-electron chi connectivity index (χ2n) is 6.50. The van der Waals surface area contributed by atoms with Gasteiger partial charge in [0.15, 0.2) is 11.5 Å². The largest absolute Gasteiger partial charge is 0.488 e. The summed E-state index contributed by atoms with van der Waals surface area (Å²) < 4.78 is 12.9. The Hall–Kier alpha value is -3.99. The molecule has 0 radical (unpaired) electrons. The van der Waals surface area contributed by atoms with Crippen LogP contribution in [-0.2, 0) is 7.05 Å². The third kappa shape index (κ3) is 5.76. The van der Waals surface area contributed by atoms with Crippen molar-refractivity contribution in [3.63, 3.8) is 0 Å². The number of aromatic nitrogens is 4. The molecule has 3 rings (SSSR count). The Morgan fingerprint density at radius 2 is 1.97 bits per heavy atom. The average molecular weight is 427 g/mol. The Bertz CT molecular complexity index is 1060. The summed E-state index contributed by atoms with van der Waals surface area (Å²) in [5, 5.41) is 25.1. The van der Waals surface area contributed by atoms with Crippen LogP contribution in [0.25, 0.3) is 0 Å². The van der Waals surface area contributed by atoms with Crippen molar-refractivity contribution in [1.82, 2.24) is 19.7 Å². The summed E-state index contributed by atoms with van der Waals surface area (Å²) in [5.41, 5.74) is -0.00495. The summed E-state index contributed by atoms with van der Waals surface area (Å²) in [7, 11) is 1.73. The first-order chi connectivity index (χ1) is 14.9. The van der Waals surface area contributed by atoms with E-state index >= 15 is 0 Å². The summed E-state index contributed by atoms with van der Waals surface area (Å²) in [6, 6.07) is 6.16. The van der Waals surface area contributed by atoms with Gasteiger partial charge in [-0.2, -0.15) is 5.10 Å². The number of nitrogens with one attached hydrogen (secondary N) is 1. The van der Waals surface area contributed by atoms with Crippen LogP contribution in [-0.4, -0.2) is 54.5 Å². The summed E-state index contributed by atoms with van der Waals surface area (Å²) in [5.74, 6) is -0.727. The fraction of sp³-hybridized carbons (Fsp3) is 0.250. The molecule has 3 N–H and O–H groups in total. The third-order valence-corrected chi connectivity index (χ3v) is 4.13. The van der Waals surface area contributed by atoms with Crippen LogP contribution in [0.1, 0.15) is 34.2 Å². The normalized spacial score (nSPS) is 11.6. The zero-order valence-corrected chi connectivity index (χ0v) is 16.8. The number of carboxylic acids is 1. The molecule has 0 aliphatic rings. The number of benzene rings is 1. The molecule has 1 unspecified atom stereocenters. The van der Waals surface area contributed by atoms with Gasteiger partial charge in [-0.3, -0.25) is 9.48 Å². The quantitative estimate of drug-likeness (QED) is 0.467. The third-order valence-electron chi connectivity index (χ3n) is 4.13. The highest BCUT2D eigenvalue weighted by Gasteiger charge is 2.15. The first-order valence-electron chi connectivity index (χ1n) is 9.34. The maximum Gasteiger partial charge on any atom is 0.356 e.